The number of hydrogen-bond acceptors (Lipinski definition) is 5. The normalized spacial score (nSPS) is 22.1. The van der Waals surface area contributed by atoms with Crippen LogP contribution >= 0.6 is 11.8 Å². The molecule has 2 aliphatic heterocycles. The van der Waals surface area contributed by atoms with Crippen molar-refractivity contribution in [2.75, 3.05) is 16.5 Å². The van der Waals surface area contributed by atoms with Crippen molar-refractivity contribution in [1.29, 1.82) is 0 Å². The Morgan fingerprint density at radius 1 is 1.25 bits per heavy atom. The third-order valence-electron chi connectivity index (χ3n) is 3.40. The molecular formula is C12H11N3O4S. The zero-order chi connectivity index (χ0) is 14.3. The summed E-state index contributed by atoms with van der Waals surface area (Å²) < 4.78 is 0. The number of hydrogen-bond donors (Lipinski definition) is 0. The zero-order valence-electron chi connectivity index (χ0n) is 10.4. The first-order chi connectivity index (χ1) is 9.59. The summed E-state index contributed by atoms with van der Waals surface area (Å²) in [7, 11) is 0. The maximum atomic E-state index is 12.3. The number of nitro groups is 1. The average Bonchev–Trinajstić information content (AvgIpc) is 2.72. The molecule has 1 unspecified atom stereocenters. The van der Waals surface area contributed by atoms with Crippen LogP contribution in [0, 0.1) is 10.1 Å². The number of nitro benzene ring substituents is 1. The molecule has 2 saturated heterocycles. The van der Waals surface area contributed by atoms with Crippen LogP contribution in [0.4, 0.5) is 16.2 Å². The van der Waals surface area contributed by atoms with Gasteiger partial charge in [-0.25, -0.2) is 9.69 Å². The van der Waals surface area contributed by atoms with E-state index in [0.717, 1.165) is 10.7 Å². The van der Waals surface area contributed by atoms with Crippen molar-refractivity contribution in [2.24, 2.45) is 0 Å². The molecule has 2 aliphatic rings. The fourth-order valence-corrected chi connectivity index (χ4v) is 3.39. The summed E-state index contributed by atoms with van der Waals surface area (Å²) in [4.78, 5) is 37.3. The summed E-state index contributed by atoms with van der Waals surface area (Å²) >= 11 is 1.62. The molecule has 7 nitrogen and oxygen atoms in total. The summed E-state index contributed by atoms with van der Waals surface area (Å²) in [5.74, 6) is 1.12. The van der Waals surface area contributed by atoms with Crippen LogP contribution in [-0.2, 0) is 4.79 Å². The molecule has 104 valence electrons. The van der Waals surface area contributed by atoms with E-state index >= 15 is 0 Å². The van der Waals surface area contributed by atoms with Crippen molar-refractivity contribution in [3.8, 4) is 0 Å². The van der Waals surface area contributed by atoms with Crippen molar-refractivity contribution in [2.45, 2.75) is 12.5 Å². The molecule has 1 atom stereocenters. The Morgan fingerprint density at radius 3 is 2.55 bits per heavy atom. The van der Waals surface area contributed by atoms with Crippen LogP contribution in [0.3, 0.4) is 0 Å². The van der Waals surface area contributed by atoms with Crippen LogP contribution in [0.1, 0.15) is 6.42 Å². The first-order valence-corrected chi connectivity index (χ1v) is 7.22. The number of imide groups is 1. The molecule has 2 fully saturated rings. The Hall–Kier alpha value is -2.09. The van der Waals surface area contributed by atoms with Crippen molar-refractivity contribution in [3.63, 3.8) is 0 Å². The quantitative estimate of drug-likeness (QED) is 0.472. The molecule has 0 bridgehead atoms. The number of carbonyl (C=O) groups excluding carboxylic acids is 2. The molecule has 3 rings (SSSR count). The predicted octanol–water partition coefficient (Wildman–Crippen LogP) is 1.83. The van der Waals surface area contributed by atoms with E-state index in [1.54, 1.807) is 16.7 Å². The minimum Gasteiger partial charge on any atom is -0.303 e. The Labute approximate surface area is 118 Å². The lowest BCUT2D eigenvalue weighted by Gasteiger charge is -2.25. The first-order valence-electron chi connectivity index (χ1n) is 6.06. The number of benzene rings is 1. The number of fused-ring (bicyclic) bond motifs is 1. The Morgan fingerprint density at radius 2 is 1.95 bits per heavy atom. The molecule has 1 aromatic carbocycles. The molecule has 0 spiro atoms. The maximum Gasteiger partial charge on any atom is 0.332 e. The highest BCUT2D eigenvalue weighted by Crippen LogP contribution is 2.32. The van der Waals surface area contributed by atoms with E-state index in [1.807, 2.05) is 0 Å². The number of thioether (sulfide) groups is 1. The lowest BCUT2D eigenvalue weighted by molar-refractivity contribution is -0.384. The van der Waals surface area contributed by atoms with Crippen molar-refractivity contribution >= 4 is 35.1 Å². The van der Waals surface area contributed by atoms with Crippen molar-refractivity contribution in [3.05, 3.63) is 34.4 Å². The number of non-ortho nitro benzene ring substituents is 1. The molecule has 0 aliphatic carbocycles. The van der Waals surface area contributed by atoms with E-state index in [-0.39, 0.29) is 23.7 Å². The highest BCUT2D eigenvalue weighted by Gasteiger charge is 2.46. The predicted molar refractivity (Wildman–Crippen MR) is 73.5 cm³/mol. The van der Waals surface area contributed by atoms with Gasteiger partial charge in [0.25, 0.3) is 11.6 Å². The Bertz CT molecular complexity index is 565. The van der Waals surface area contributed by atoms with E-state index in [4.69, 9.17) is 0 Å². The maximum absolute atomic E-state index is 12.3. The number of anilines is 1. The van der Waals surface area contributed by atoms with Crippen LogP contribution in [0.5, 0.6) is 0 Å². The molecule has 3 amide bonds. The van der Waals surface area contributed by atoms with Crippen LogP contribution < -0.4 is 4.90 Å². The van der Waals surface area contributed by atoms with Crippen LogP contribution in [0.2, 0.25) is 0 Å². The molecule has 0 aromatic heterocycles. The third kappa shape index (κ3) is 1.92. The first kappa shape index (κ1) is 12.9. The lowest BCUT2D eigenvalue weighted by Crippen LogP contribution is -2.38. The highest BCUT2D eigenvalue weighted by molar-refractivity contribution is 7.99. The van der Waals surface area contributed by atoms with Gasteiger partial charge in [0, 0.05) is 12.1 Å². The number of nitrogens with zero attached hydrogens (tertiary/aromatic N) is 3. The molecule has 1 aromatic rings. The van der Waals surface area contributed by atoms with Gasteiger partial charge in [0.1, 0.15) is 6.04 Å². The minimum atomic E-state index is -0.517. The van der Waals surface area contributed by atoms with Gasteiger partial charge in [-0.2, -0.15) is 0 Å². The lowest BCUT2D eigenvalue weighted by atomic mass is 10.2. The van der Waals surface area contributed by atoms with E-state index in [2.05, 4.69) is 0 Å². The number of rotatable bonds is 2. The number of amides is 3. The second kappa shape index (κ2) is 4.78. The van der Waals surface area contributed by atoms with Gasteiger partial charge < -0.3 is 4.90 Å². The van der Waals surface area contributed by atoms with E-state index in [1.165, 1.54) is 24.3 Å². The summed E-state index contributed by atoms with van der Waals surface area (Å²) in [5.41, 5.74) is 0.311. The van der Waals surface area contributed by atoms with Gasteiger partial charge in [-0.3, -0.25) is 14.9 Å². The standard InChI is InChI=1S/C12H11N3O4S/c16-11-10-5-6-20-7-13(10)12(17)14(11)8-1-3-9(4-2-8)15(18)19/h1-4,10H,5-7H2. The fourth-order valence-electron chi connectivity index (χ4n) is 2.38. The Kier molecular flexibility index (Phi) is 3.09. The molecule has 8 heteroatoms. The van der Waals surface area contributed by atoms with E-state index < -0.39 is 4.92 Å². The molecular weight excluding hydrogens is 282 g/mol. The summed E-state index contributed by atoms with van der Waals surface area (Å²) in [6, 6.07) is 4.71. The zero-order valence-corrected chi connectivity index (χ0v) is 11.2. The van der Waals surface area contributed by atoms with Gasteiger partial charge in [0.15, 0.2) is 0 Å². The van der Waals surface area contributed by atoms with Gasteiger partial charge >= 0.3 is 6.03 Å². The number of carbonyl (C=O) groups is 2. The largest absolute Gasteiger partial charge is 0.332 e. The fraction of sp³-hybridized carbons (Fsp3) is 0.333. The van der Waals surface area contributed by atoms with Gasteiger partial charge in [-0.1, -0.05) is 0 Å². The topological polar surface area (TPSA) is 83.8 Å². The average molecular weight is 293 g/mol. The highest BCUT2D eigenvalue weighted by atomic mass is 32.2. The van der Waals surface area contributed by atoms with Crippen molar-refractivity contribution in [1.82, 2.24) is 4.90 Å². The molecule has 0 saturated carbocycles. The second-order valence-electron chi connectivity index (χ2n) is 4.54. The molecule has 2 heterocycles. The molecule has 0 N–H and O–H groups in total. The third-order valence-corrected chi connectivity index (χ3v) is 4.39. The summed E-state index contributed by atoms with van der Waals surface area (Å²) in [5, 5.41) is 10.6. The molecule has 0 radical (unpaired) electrons. The van der Waals surface area contributed by atoms with E-state index in [9.17, 15) is 19.7 Å². The monoisotopic (exact) mass is 293 g/mol. The minimum absolute atomic E-state index is 0.0684. The summed E-state index contributed by atoms with van der Waals surface area (Å²) in [6.45, 7) is 0. The van der Waals surface area contributed by atoms with Crippen molar-refractivity contribution < 1.29 is 14.5 Å². The Balaban J connectivity index is 1.91. The second-order valence-corrected chi connectivity index (χ2v) is 5.62. The van der Waals surface area contributed by atoms with Gasteiger partial charge in [0.05, 0.1) is 16.5 Å². The van der Waals surface area contributed by atoms with E-state index in [0.29, 0.717) is 18.0 Å². The summed E-state index contributed by atoms with van der Waals surface area (Å²) in [6.07, 6.45) is 0.652. The van der Waals surface area contributed by atoms with Crippen LogP contribution in [0.25, 0.3) is 0 Å². The molecule has 20 heavy (non-hydrogen) atoms. The van der Waals surface area contributed by atoms with Gasteiger partial charge in [0.2, 0.25) is 0 Å². The van der Waals surface area contributed by atoms with Gasteiger partial charge in [-0.15, -0.1) is 11.8 Å². The smallest absolute Gasteiger partial charge is 0.303 e. The van der Waals surface area contributed by atoms with Crippen LogP contribution in [0.15, 0.2) is 24.3 Å². The SMILES string of the molecule is O=C1C2CCSCN2C(=O)N1c1ccc([N+](=O)[O-])cc1. The van der Waals surface area contributed by atoms with Crippen LogP contribution in [-0.4, -0.2) is 39.4 Å². The number of urea groups is 1. The van der Waals surface area contributed by atoms with Gasteiger partial charge in [-0.05, 0) is 24.3 Å².